The largest absolute Gasteiger partial charge is 0.316 e. The molecule has 17 heavy (non-hydrogen) atoms. The number of nitrogens with zero attached hydrogens (tertiary/aromatic N) is 1. The molecule has 0 aliphatic heterocycles. The van der Waals surface area contributed by atoms with Crippen LogP contribution in [0.3, 0.4) is 0 Å². The smallest absolute Gasteiger partial charge is 0.00472 e. The Hall–Kier alpha value is -0.0800. The summed E-state index contributed by atoms with van der Waals surface area (Å²) >= 11 is 0. The van der Waals surface area contributed by atoms with Crippen molar-refractivity contribution in [1.29, 1.82) is 0 Å². The molecule has 0 unspecified atom stereocenters. The van der Waals surface area contributed by atoms with Crippen LogP contribution in [0.25, 0.3) is 0 Å². The average Bonchev–Trinajstić information content (AvgIpc) is 2.98. The van der Waals surface area contributed by atoms with Crippen LogP contribution >= 0.6 is 0 Å². The van der Waals surface area contributed by atoms with Crippen LogP contribution in [0.4, 0.5) is 0 Å². The summed E-state index contributed by atoms with van der Waals surface area (Å²) in [6, 6.07) is 0. The SMILES string of the molecule is CCCNCC1(CN(C)CC2CC2)CCCC1. The van der Waals surface area contributed by atoms with Crippen LogP contribution in [0.2, 0.25) is 0 Å². The van der Waals surface area contributed by atoms with Gasteiger partial charge in [0.15, 0.2) is 0 Å². The van der Waals surface area contributed by atoms with Crippen LogP contribution in [-0.4, -0.2) is 38.1 Å². The van der Waals surface area contributed by atoms with Crippen LogP contribution in [0.1, 0.15) is 51.9 Å². The highest BCUT2D eigenvalue weighted by Crippen LogP contribution is 2.39. The summed E-state index contributed by atoms with van der Waals surface area (Å²) < 4.78 is 0. The van der Waals surface area contributed by atoms with E-state index in [9.17, 15) is 0 Å². The Bertz CT molecular complexity index is 217. The quantitative estimate of drug-likeness (QED) is 0.654. The predicted octanol–water partition coefficient (Wildman–Crippen LogP) is 2.89. The van der Waals surface area contributed by atoms with Gasteiger partial charge in [0, 0.05) is 19.6 Å². The van der Waals surface area contributed by atoms with Crippen LogP contribution in [-0.2, 0) is 0 Å². The van der Waals surface area contributed by atoms with Gasteiger partial charge in [-0.3, -0.25) is 0 Å². The van der Waals surface area contributed by atoms with E-state index in [1.54, 1.807) is 0 Å². The summed E-state index contributed by atoms with van der Waals surface area (Å²) in [4.78, 5) is 2.61. The van der Waals surface area contributed by atoms with E-state index in [1.165, 1.54) is 71.1 Å². The van der Waals surface area contributed by atoms with E-state index in [2.05, 4.69) is 24.2 Å². The molecule has 0 aromatic rings. The maximum Gasteiger partial charge on any atom is 0.00472 e. The van der Waals surface area contributed by atoms with Crippen LogP contribution < -0.4 is 5.32 Å². The minimum absolute atomic E-state index is 0.596. The first-order chi connectivity index (χ1) is 8.24. The van der Waals surface area contributed by atoms with Gasteiger partial charge in [-0.05, 0) is 57.0 Å². The van der Waals surface area contributed by atoms with Gasteiger partial charge < -0.3 is 10.2 Å². The second-order valence-corrected chi connectivity index (χ2v) is 6.52. The molecule has 0 heterocycles. The highest BCUT2D eigenvalue weighted by atomic mass is 15.1. The van der Waals surface area contributed by atoms with Crippen molar-refractivity contribution in [3.05, 3.63) is 0 Å². The zero-order chi connectivity index (χ0) is 12.1. The molecule has 2 aliphatic carbocycles. The zero-order valence-corrected chi connectivity index (χ0v) is 11.8. The molecule has 0 saturated heterocycles. The van der Waals surface area contributed by atoms with Crippen LogP contribution in [0, 0.1) is 11.3 Å². The summed E-state index contributed by atoms with van der Waals surface area (Å²) in [6.07, 6.45) is 10.00. The molecule has 0 spiro atoms. The molecule has 2 heteroatoms. The molecular weight excluding hydrogens is 208 g/mol. The van der Waals surface area contributed by atoms with Crippen LogP contribution in [0.15, 0.2) is 0 Å². The van der Waals surface area contributed by atoms with Crippen molar-refractivity contribution in [1.82, 2.24) is 10.2 Å². The fourth-order valence-electron chi connectivity index (χ4n) is 3.42. The molecular formula is C15H30N2. The molecule has 0 aromatic heterocycles. The zero-order valence-electron chi connectivity index (χ0n) is 11.8. The second kappa shape index (κ2) is 6.19. The van der Waals surface area contributed by atoms with E-state index in [0.717, 1.165) is 5.92 Å². The first-order valence-corrected chi connectivity index (χ1v) is 7.63. The Morgan fingerprint density at radius 1 is 1.24 bits per heavy atom. The Kier molecular flexibility index (Phi) is 4.87. The first kappa shape index (κ1) is 13.4. The lowest BCUT2D eigenvalue weighted by Crippen LogP contribution is -2.42. The molecule has 0 bridgehead atoms. The van der Waals surface area contributed by atoms with E-state index in [1.807, 2.05) is 0 Å². The third-order valence-corrected chi connectivity index (χ3v) is 4.46. The fraction of sp³-hybridized carbons (Fsp3) is 1.00. The molecule has 1 N–H and O–H groups in total. The van der Waals surface area contributed by atoms with Gasteiger partial charge in [0.25, 0.3) is 0 Å². The molecule has 2 rings (SSSR count). The van der Waals surface area contributed by atoms with E-state index in [0.29, 0.717) is 5.41 Å². The highest BCUT2D eigenvalue weighted by molar-refractivity contribution is 4.90. The van der Waals surface area contributed by atoms with Crippen molar-refractivity contribution in [3.63, 3.8) is 0 Å². The Morgan fingerprint density at radius 2 is 1.94 bits per heavy atom. The molecule has 2 aliphatic rings. The molecule has 100 valence electrons. The molecule has 0 radical (unpaired) electrons. The molecule has 2 fully saturated rings. The minimum Gasteiger partial charge on any atom is -0.316 e. The Labute approximate surface area is 107 Å². The average molecular weight is 238 g/mol. The summed E-state index contributed by atoms with van der Waals surface area (Å²) in [6.45, 7) is 7.35. The van der Waals surface area contributed by atoms with Gasteiger partial charge in [-0.1, -0.05) is 19.8 Å². The van der Waals surface area contributed by atoms with E-state index >= 15 is 0 Å². The van der Waals surface area contributed by atoms with Crippen molar-refractivity contribution in [2.45, 2.75) is 51.9 Å². The number of rotatable bonds is 8. The van der Waals surface area contributed by atoms with Crippen molar-refractivity contribution < 1.29 is 0 Å². The molecule has 2 nitrogen and oxygen atoms in total. The summed E-state index contributed by atoms with van der Waals surface area (Å²) in [5, 5.41) is 3.67. The van der Waals surface area contributed by atoms with E-state index < -0.39 is 0 Å². The van der Waals surface area contributed by atoms with Gasteiger partial charge >= 0.3 is 0 Å². The van der Waals surface area contributed by atoms with Crippen molar-refractivity contribution in [2.75, 3.05) is 33.2 Å². The normalized spacial score (nSPS) is 23.5. The number of hydrogen-bond acceptors (Lipinski definition) is 2. The molecule has 0 amide bonds. The fourth-order valence-corrected chi connectivity index (χ4v) is 3.42. The third kappa shape index (κ3) is 4.26. The topological polar surface area (TPSA) is 15.3 Å². The van der Waals surface area contributed by atoms with Gasteiger partial charge in [-0.2, -0.15) is 0 Å². The number of nitrogens with one attached hydrogen (secondary N) is 1. The number of hydrogen-bond donors (Lipinski definition) is 1. The monoisotopic (exact) mass is 238 g/mol. The van der Waals surface area contributed by atoms with Gasteiger partial charge in [-0.25, -0.2) is 0 Å². The summed E-state index contributed by atoms with van der Waals surface area (Å²) in [5.41, 5.74) is 0.596. The van der Waals surface area contributed by atoms with Gasteiger partial charge in [0.05, 0.1) is 0 Å². The molecule has 0 atom stereocenters. The Balaban J connectivity index is 1.77. The summed E-state index contributed by atoms with van der Waals surface area (Å²) in [5.74, 6) is 1.03. The maximum absolute atomic E-state index is 3.67. The molecule has 2 saturated carbocycles. The lowest BCUT2D eigenvalue weighted by atomic mass is 9.85. The first-order valence-electron chi connectivity index (χ1n) is 7.63. The van der Waals surface area contributed by atoms with Crippen molar-refractivity contribution in [3.8, 4) is 0 Å². The highest BCUT2D eigenvalue weighted by Gasteiger charge is 2.35. The minimum atomic E-state index is 0.596. The van der Waals surface area contributed by atoms with E-state index in [4.69, 9.17) is 0 Å². The second-order valence-electron chi connectivity index (χ2n) is 6.52. The lowest BCUT2D eigenvalue weighted by Gasteiger charge is -2.34. The standard InChI is InChI=1S/C15H30N2/c1-3-10-16-12-15(8-4-5-9-15)13-17(2)11-14-6-7-14/h14,16H,3-13H2,1-2H3. The van der Waals surface area contributed by atoms with Crippen molar-refractivity contribution >= 4 is 0 Å². The van der Waals surface area contributed by atoms with Gasteiger partial charge in [0.2, 0.25) is 0 Å². The predicted molar refractivity (Wildman–Crippen MR) is 74.3 cm³/mol. The Morgan fingerprint density at radius 3 is 2.53 bits per heavy atom. The van der Waals surface area contributed by atoms with Crippen molar-refractivity contribution in [2.24, 2.45) is 11.3 Å². The van der Waals surface area contributed by atoms with Crippen LogP contribution in [0.5, 0.6) is 0 Å². The maximum atomic E-state index is 3.67. The van der Waals surface area contributed by atoms with Gasteiger partial charge in [0.1, 0.15) is 0 Å². The van der Waals surface area contributed by atoms with E-state index in [-0.39, 0.29) is 0 Å². The van der Waals surface area contributed by atoms with Gasteiger partial charge in [-0.15, -0.1) is 0 Å². The lowest BCUT2D eigenvalue weighted by molar-refractivity contribution is 0.168. The molecule has 0 aromatic carbocycles. The summed E-state index contributed by atoms with van der Waals surface area (Å²) in [7, 11) is 2.33. The third-order valence-electron chi connectivity index (χ3n) is 4.46.